The normalized spacial score (nSPS) is 26.9. The van der Waals surface area contributed by atoms with Gasteiger partial charge in [-0.2, -0.15) is 0 Å². The third-order valence-electron chi connectivity index (χ3n) is 3.67. The summed E-state index contributed by atoms with van der Waals surface area (Å²) in [5, 5.41) is 9.93. The monoisotopic (exact) mass is 309 g/mol. The van der Waals surface area contributed by atoms with Crippen molar-refractivity contribution in [2.75, 3.05) is 4.90 Å². The molecule has 18 heavy (non-hydrogen) atoms. The smallest absolute Gasteiger partial charge is 0.299 e. The predicted octanol–water partition coefficient (Wildman–Crippen LogP) is 1.89. The van der Waals surface area contributed by atoms with E-state index in [4.69, 9.17) is 0 Å². The number of hydrogen-bond donors (Lipinski definition) is 1. The van der Waals surface area contributed by atoms with Gasteiger partial charge in [0.1, 0.15) is 0 Å². The minimum Gasteiger partial charge on any atom is -0.391 e. The molecule has 94 valence electrons. The Balaban J connectivity index is 2.10. The summed E-state index contributed by atoms with van der Waals surface area (Å²) in [5.74, 6) is -1.01. The minimum atomic E-state index is -0.535. The summed E-state index contributed by atoms with van der Waals surface area (Å²) in [5.41, 5.74) is 1.03. The van der Waals surface area contributed by atoms with Crippen molar-refractivity contribution in [1.82, 2.24) is 0 Å². The Morgan fingerprint density at radius 3 is 2.72 bits per heavy atom. The van der Waals surface area contributed by atoms with Crippen molar-refractivity contribution in [2.45, 2.75) is 31.4 Å². The van der Waals surface area contributed by atoms with Crippen LogP contribution in [0.15, 0.2) is 22.7 Å². The van der Waals surface area contributed by atoms with Gasteiger partial charge in [-0.05, 0) is 47.3 Å². The summed E-state index contributed by atoms with van der Waals surface area (Å²) in [6, 6.07) is 5.03. The largest absolute Gasteiger partial charge is 0.391 e. The molecule has 1 aromatic rings. The first-order chi connectivity index (χ1) is 8.61. The molecule has 1 amide bonds. The number of halogens is 1. The van der Waals surface area contributed by atoms with E-state index in [2.05, 4.69) is 15.9 Å². The highest BCUT2D eigenvalue weighted by Crippen LogP contribution is 2.38. The molecule has 0 saturated heterocycles. The third kappa shape index (κ3) is 1.54. The Morgan fingerprint density at radius 2 is 2.06 bits per heavy atom. The number of Topliss-reactive ketones (excluding diaryl/α,β-unsaturated/α-hetero) is 1. The third-order valence-corrected chi connectivity index (χ3v) is 4.33. The standard InChI is InChI=1S/C13H12BrNO3/c14-7-3-1-5-9-11(7)12(17)13(18)15(9)8-4-2-6-10(8)16/h1,3,5,8,10,16H,2,4,6H2/t8-,10-/m0/s1. The Labute approximate surface area is 113 Å². The van der Waals surface area contributed by atoms with E-state index in [0.717, 1.165) is 12.8 Å². The summed E-state index contributed by atoms with van der Waals surface area (Å²) >= 11 is 3.30. The van der Waals surface area contributed by atoms with Crippen LogP contribution in [0.3, 0.4) is 0 Å². The maximum absolute atomic E-state index is 12.1. The second-order valence-electron chi connectivity index (χ2n) is 4.70. The van der Waals surface area contributed by atoms with E-state index < -0.39 is 17.8 Å². The molecule has 1 aliphatic heterocycles. The predicted molar refractivity (Wildman–Crippen MR) is 69.6 cm³/mol. The molecule has 0 spiro atoms. The van der Waals surface area contributed by atoms with Crippen LogP contribution in [-0.4, -0.2) is 28.9 Å². The second-order valence-corrected chi connectivity index (χ2v) is 5.56. The fourth-order valence-electron chi connectivity index (χ4n) is 2.82. The van der Waals surface area contributed by atoms with Gasteiger partial charge in [0.2, 0.25) is 0 Å². The molecule has 1 fully saturated rings. The van der Waals surface area contributed by atoms with Crippen LogP contribution in [0.5, 0.6) is 0 Å². The second kappa shape index (κ2) is 4.17. The van der Waals surface area contributed by atoms with E-state index in [1.165, 1.54) is 4.90 Å². The summed E-state index contributed by atoms with van der Waals surface area (Å²) in [6.07, 6.45) is 1.78. The van der Waals surface area contributed by atoms with Gasteiger partial charge in [0.05, 0.1) is 23.4 Å². The van der Waals surface area contributed by atoms with Gasteiger partial charge in [-0.25, -0.2) is 0 Å². The summed E-state index contributed by atoms with van der Waals surface area (Å²) < 4.78 is 0.633. The minimum absolute atomic E-state index is 0.267. The molecule has 4 nitrogen and oxygen atoms in total. The topological polar surface area (TPSA) is 57.6 Å². The molecule has 0 radical (unpaired) electrons. The van der Waals surface area contributed by atoms with E-state index in [0.29, 0.717) is 22.1 Å². The highest BCUT2D eigenvalue weighted by molar-refractivity contribution is 9.10. The molecule has 0 bridgehead atoms. The fourth-order valence-corrected chi connectivity index (χ4v) is 3.35. The van der Waals surface area contributed by atoms with Crippen molar-refractivity contribution in [3.63, 3.8) is 0 Å². The number of rotatable bonds is 1. The van der Waals surface area contributed by atoms with Gasteiger partial charge in [-0.1, -0.05) is 6.07 Å². The number of fused-ring (bicyclic) bond motifs is 1. The zero-order valence-electron chi connectivity index (χ0n) is 9.60. The lowest BCUT2D eigenvalue weighted by Crippen LogP contribution is -2.43. The number of carbonyl (C=O) groups is 2. The molecular formula is C13H12BrNO3. The molecule has 0 aromatic heterocycles. The number of hydrogen-bond acceptors (Lipinski definition) is 3. The zero-order valence-corrected chi connectivity index (χ0v) is 11.2. The van der Waals surface area contributed by atoms with E-state index >= 15 is 0 Å². The van der Waals surface area contributed by atoms with Crippen LogP contribution >= 0.6 is 15.9 Å². The van der Waals surface area contributed by atoms with Gasteiger partial charge in [-0.15, -0.1) is 0 Å². The van der Waals surface area contributed by atoms with E-state index in [9.17, 15) is 14.7 Å². The van der Waals surface area contributed by atoms with E-state index in [-0.39, 0.29) is 6.04 Å². The van der Waals surface area contributed by atoms with Crippen molar-refractivity contribution >= 4 is 33.3 Å². The van der Waals surface area contributed by atoms with Crippen LogP contribution in [0.4, 0.5) is 5.69 Å². The molecule has 1 aromatic carbocycles. The maximum Gasteiger partial charge on any atom is 0.299 e. The molecule has 0 unspecified atom stereocenters. The molecule has 2 aliphatic rings. The van der Waals surface area contributed by atoms with Crippen LogP contribution in [0.2, 0.25) is 0 Å². The summed E-state index contributed by atoms with van der Waals surface area (Å²) in [4.78, 5) is 25.6. The molecule has 3 rings (SSSR count). The summed E-state index contributed by atoms with van der Waals surface area (Å²) in [7, 11) is 0. The van der Waals surface area contributed by atoms with Crippen molar-refractivity contribution in [1.29, 1.82) is 0 Å². The van der Waals surface area contributed by atoms with Crippen LogP contribution in [-0.2, 0) is 4.79 Å². The lowest BCUT2D eigenvalue weighted by molar-refractivity contribution is -0.115. The number of ketones is 1. The lowest BCUT2D eigenvalue weighted by Gasteiger charge is -2.26. The maximum atomic E-state index is 12.1. The molecular weight excluding hydrogens is 298 g/mol. The first-order valence-corrected chi connectivity index (χ1v) is 6.75. The highest BCUT2D eigenvalue weighted by Gasteiger charge is 2.44. The Morgan fingerprint density at radius 1 is 1.28 bits per heavy atom. The molecule has 1 N–H and O–H groups in total. The zero-order chi connectivity index (χ0) is 12.9. The Hall–Kier alpha value is -1.20. The van der Waals surface area contributed by atoms with Crippen LogP contribution in [0, 0.1) is 0 Å². The van der Waals surface area contributed by atoms with Gasteiger partial charge in [0.25, 0.3) is 11.7 Å². The van der Waals surface area contributed by atoms with Crippen LogP contribution in [0.1, 0.15) is 29.6 Å². The molecule has 5 heteroatoms. The number of aliphatic hydroxyl groups excluding tert-OH is 1. The van der Waals surface area contributed by atoms with E-state index in [1.807, 2.05) is 0 Å². The van der Waals surface area contributed by atoms with Gasteiger partial charge >= 0.3 is 0 Å². The Bertz CT molecular complexity index is 543. The number of amides is 1. The fraction of sp³-hybridized carbons (Fsp3) is 0.385. The Kier molecular flexibility index (Phi) is 2.75. The lowest BCUT2D eigenvalue weighted by atomic mass is 10.1. The SMILES string of the molecule is O=C1C(=O)N([C@H]2CCC[C@@H]2O)c2cccc(Br)c21. The number of aliphatic hydroxyl groups is 1. The average molecular weight is 310 g/mol. The van der Waals surface area contributed by atoms with Crippen LogP contribution in [0.25, 0.3) is 0 Å². The first kappa shape index (κ1) is 11.9. The number of benzene rings is 1. The van der Waals surface area contributed by atoms with Gasteiger partial charge < -0.3 is 5.11 Å². The molecule has 1 aliphatic carbocycles. The van der Waals surface area contributed by atoms with Crippen molar-refractivity contribution in [2.24, 2.45) is 0 Å². The number of nitrogens with zero attached hydrogens (tertiary/aromatic N) is 1. The number of anilines is 1. The van der Waals surface area contributed by atoms with Crippen LogP contribution < -0.4 is 4.90 Å². The van der Waals surface area contributed by atoms with Gasteiger partial charge in [-0.3, -0.25) is 14.5 Å². The van der Waals surface area contributed by atoms with Gasteiger partial charge in [0.15, 0.2) is 0 Å². The highest BCUT2D eigenvalue weighted by atomic mass is 79.9. The number of carbonyl (C=O) groups excluding carboxylic acids is 2. The average Bonchev–Trinajstić information content (AvgIpc) is 2.84. The quantitative estimate of drug-likeness (QED) is 0.806. The first-order valence-electron chi connectivity index (χ1n) is 5.95. The molecule has 2 atom stereocenters. The molecule has 1 heterocycles. The van der Waals surface area contributed by atoms with Gasteiger partial charge in [0, 0.05) is 4.47 Å². The van der Waals surface area contributed by atoms with E-state index in [1.54, 1.807) is 18.2 Å². The van der Waals surface area contributed by atoms with Crippen molar-refractivity contribution in [3.8, 4) is 0 Å². The van der Waals surface area contributed by atoms with Crippen molar-refractivity contribution < 1.29 is 14.7 Å². The van der Waals surface area contributed by atoms with Crippen molar-refractivity contribution in [3.05, 3.63) is 28.2 Å². The molecule has 1 saturated carbocycles. The summed E-state index contributed by atoms with van der Waals surface area (Å²) in [6.45, 7) is 0.